The number of rotatable bonds is 2. The Labute approximate surface area is 116 Å². The Morgan fingerprint density at radius 1 is 1.47 bits per heavy atom. The lowest BCUT2D eigenvalue weighted by atomic mass is 10.1. The molecule has 1 fully saturated rings. The Bertz CT molecular complexity index is 724. The van der Waals surface area contributed by atoms with Gasteiger partial charge in [0.15, 0.2) is 9.84 Å². The van der Waals surface area contributed by atoms with Gasteiger partial charge in [-0.05, 0) is 18.6 Å². The summed E-state index contributed by atoms with van der Waals surface area (Å²) in [7, 11) is -0.991. The number of hydrogen-bond donors (Lipinski definition) is 1. The molecule has 2 aromatic rings. The van der Waals surface area contributed by atoms with E-state index >= 15 is 0 Å². The summed E-state index contributed by atoms with van der Waals surface area (Å²) < 4.78 is 24.2. The smallest absolute Gasteiger partial charge is 0.152 e. The van der Waals surface area contributed by atoms with Crippen LogP contribution in [0, 0.1) is 0 Å². The SMILES string of the molecule is CN(c1ccc2scnc2c1N)C1CCS(=O)(=O)C1. The molecule has 1 aromatic carbocycles. The Kier molecular flexibility index (Phi) is 2.90. The van der Waals surface area contributed by atoms with Gasteiger partial charge in [0, 0.05) is 13.1 Å². The fraction of sp³-hybridized carbons (Fsp3) is 0.417. The molecule has 5 nitrogen and oxygen atoms in total. The van der Waals surface area contributed by atoms with E-state index in [9.17, 15) is 8.42 Å². The third-order valence-corrected chi connectivity index (χ3v) is 6.20. The first-order valence-electron chi connectivity index (χ1n) is 6.03. The van der Waals surface area contributed by atoms with Crippen molar-refractivity contribution in [3.05, 3.63) is 17.6 Å². The van der Waals surface area contributed by atoms with Crippen molar-refractivity contribution in [3.8, 4) is 0 Å². The van der Waals surface area contributed by atoms with Gasteiger partial charge < -0.3 is 10.6 Å². The van der Waals surface area contributed by atoms with E-state index in [1.165, 1.54) is 0 Å². The summed E-state index contributed by atoms with van der Waals surface area (Å²) in [5, 5.41) is 0. The summed E-state index contributed by atoms with van der Waals surface area (Å²) >= 11 is 1.55. The second kappa shape index (κ2) is 4.35. The standard InChI is InChI=1S/C12H15N3O2S2/c1-15(8-4-5-19(16,17)6-8)9-2-3-10-12(11(9)13)14-7-18-10/h2-3,7-8H,4-6,13H2,1H3. The van der Waals surface area contributed by atoms with Crippen molar-refractivity contribution in [2.45, 2.75) is 12.5 Å². The van der Waals surface area contributed by atoms with Crippen LogP contribution in [0.2, 0.25) is 0 Å². The maximum absolute atomic E-state index is 11.6. The van der Waals surface area contributed by atoms with Crippen LogP contribution in [-0.2, 0) is 9.84 Å². The topological polar surface area (TPSA) is 76.3 Å². The Morgan fingerprint density at radius 3 is 2.95 bits per heavy atom. The summed E-state index contributed by atoms with van der Waals surface area (Å²) in [4.78, 5) is 6.24. The number of thiazole rings is 1. The van der Waals surface area contributed by atoms with Crippen LogP contribution in [0.4, 0.5) is 11.4 Å². The molecule has 1 saturated heterocycles. The molecule has 1 unspecified atom stereocenters. The monoisotopic (exact) mass is 297 g/mol. The van der Waals surface area contributed by atoms with Crippen LogP contribution in [0.3, 0.4) is 0 Å². The first-order chi connectivity index (χ1) is 8.98. The van der Waals surface area contributed by atoms with Crippen LogP contribution in [0.1, 0.15) is 6.42 Å². The zero-order chi connectivity index (χ0) is 13.6. The Morgan fingerprint density at radius 2 is 2.26 bits per heavy atom. The highest BCUT2D eigenvalue weighted by Gasteiger charge is 2.31. The van der Waals surface area contributed by atoms with E-state index in [1.807, 2.05) is 24.1 Å². The lowest BCUT2D eigenvalue weighted by Gasteiger charge is -2.26. The van der Waals surface area contributed by atoms with Crippen LogP contribution in [0.15, 0.2) is 17.6 Å². The third-order valence-electron chi connectivity index (χ3n) is 3.65. The van der Waals surface area contributed by atoms with Crippen LogP contribution in [0.5, 0.6) is 0 Å². The van der Waals surface area contributed by atoms with Crippen molar-refractivity contribution in [3.63, 3.8) is 0 Å². The molecule has 0 bridgehead atoms. The minimum Gasteiger partial charge on any atom is -0.395 e. The number of sulfone groups is 1. The van der Waals surface area contributed by atoms with Crippen molar-refractivity contribution >= 4 is 42.8 Å². The van der Waals surface area contributed by atoms with E-state index in [0.29, 0.717) is 12.1 Å². The Balaban J connectivity index is 1.98. The molecule has 0 radical (unpaired) electrons. The molecule has 0 spiro atoms. The first-order valence-corrected chi connectivity index (χ1v) is 8.73. The highest BCUT2D eigenvalue weighted by Crippen LogP contribution is 2.34. The Hall–Kier alpha value is -1.34. The molecule has 0 amide bonds. The van der Waals surface area contributed by atoms with E-state index in [2.05, 4.69) is 4.98 Å². The molecule has 2 N–H and O–H groups in total. The summed E-state index contributed by atoms with van der Waals surface area (Å²) in [6, 6.07) is 3.93. The minimum atomic E-state index is -2.89. The van der Waals surface area contributed by atoms with Gasteiger partial charge in [-0.3, -0.25) is 0 Å². The average molecular weight is 297 g/mol. The summed E-state index contributed by atoms with van der Waals surface area (Å²) in [6.45, 7) is 0. The molecule has 0 saturated carbocycles. The molecule has 1 aromatic heterocycles. The van der Waals surface area contributed by atoms with Gasteiger partial charge in [-0.1, -0.05) is 0 Å². The first kappa shape index (κ1) is 12.7. The van der Waals surface area contributed by atoms with Crippen molar-refractivity contribution in [1.82, 2.24) is 4.98 Å². The maximum atomic E-state index is 11.6. The molecular formula is C12H15N3O2S2. The van der Waals surface area contributed by atoms with Gasteiger partial charge in [-0.25, -0.2) is 13.4 Å². The number of nitrogens with zero attached hydrogens (tertiary/aromatic N) is 2. The molecule has 1 atom stereocenters. The number of benzene rings is 1. The summed E-state index contributed by atoms with van der Waals surface area (Å²) in [5.41, 5.74) is 10.2. The highest BCUT2D eigenvalue weighted by molar-refractivity contribution is 7.91. The quantitative estimate of drug-likeness (QED) is 0.850. The van der Waals surface area contributed by atoms with Crippen molar-refractivity contribution in [2.75, 3.05) is 29.2 Å². The fourth-order valence-corrected chi connectivity index (χ4v) is 4.99. The number of nitrogen functional groups attached to an aromatic ring is 1. The molecule has 1 aliphatic heterocycles. The van der Waals surface area contributed by atoms with Gasteiger partial charge in [0.2, 0.25) is 0 Å². The number of fused-ring (bicyclic) bond motifs is 1. The van der Waals surface area contributed by atoms with Gasteiger partial charge in [-0.2, -0.15) is 0 Å². The molecule has 1 aliphatic rings. The van der Waals surface area contributed by atoms with Gasteiger partial charge in [0.25, 0.3) is 0 Å². The molecule has 19 heavy (non-hydrogen) atoms. The van der Waals surface area contributed by atoms with Crippen LogP contribution in [-0.4, -0.2) is 38.0 Å². The van der Waals surface area contributed by atoms with E-state index in [1.54, 1.807) is 16.8 Å². The average Bonchev–Trinajstić information content (AvgIpc) is 2.95. The van der Waals surface area contributed by atoms with Crippen LogP contribution < -0.4 is 10.6 Å². The largest absolute Gasteiger partial charge is 0.395 e. The molecule has 7 heteroatoms. The molecular weight excluding hydrogens is 282 g/mol. The van der Waals surface area contributed by atoms with Crippen LogP contribution in [0.25, 0.3) is 10.2 Å². The second-order valence-electron chi connectivity index (χ2n) is 4.87. The minimum absolute atomic E-state index is 0.00313. The van der Waals surface area contributed by atoms with Crippen molar-refractivity contribution in [1.29, 1.82) is 0 Å². The summed E-state index contributed by atoms with van der Waals surface area (Å²) in [5.74, 6) is 0.471. The third kappa shape index (κ3) is 2.17. The van der Waals surface area contributed by atoms with E-state index in [0.717, 1.165) is 15.9 Å². The number of aromatic nitrogens is 1. The van der Waals surface area contributed by atoms with Gasteiger partial charge >= 0.3 is 0 Å². The maximum Gasteiger partial charge on any atom is 0.152 e. The van der Waals surface area contributed by atoms with Crippen molar-refractivity contribution < 1.29 is 8.42 Å². The van der Waals surface area contributed by atoms with Gasteiger partial charge in [-0.15, -0.1) is 11.3 Å². The fourth-order valence-electron chi connectivity index (χ4n) is 2.53. The second-order valence-corrected chi connectivity index (χ2v) is 7.98. The summed E-state index contributed by atoms with van der Waals surface area (Å²) in [6.07, 6.45) is 0.660. The van der Waals surface area contributed by atoms with E-state index in [-0.39, 0.29) is 17.5 Å². The molecule has 2 heterocycles. The number of nitrogens with two attached hydrogens (primary N) is 1. The van der Waals surface area contributed by atoms with Gasteiger partial charge in [0.1, 0.15) is 5.52 Å². The predicted molar refractivity (Wildman–Crippen MR) is 79.5 cm³/mol. The van der Waals surface area contributed by atoms with E-state index < -0.39 is 9.84 Å². The zero-order valence-corrected chi connectivity index (χ0v) is 12.2. The predicted octanol–water partition coefficient (Wildman–Crippen LogP) is 1.50. The normalized spacial score (nSPS) is 21.8. The lowest BCUT2D eigenvalue weighted by Crippen LogP contribution is -2.33. The number of hydrogen-bond acceptors (Lipinski definition) is 6. The lowest BCUT2D eigenvalue weighted by molar-refractivity contribution is 0.601. The zero-order valence-electron chi connectivity index (χ0n) is 10.5. The highest BCUT2D eigenvalue weighted by atomic mass is 32.2. The molecule has 0 aliphatic carbocycles. The van der Waals surface area contributed by atoms with Gasteiger partial charge in [0.05, 0.1) is 33.1 Å². The van der Waals surface area contributed by atoms with Crippen LogP contribution >= 0.6 is 11.3 Å². The molecule has 3 rings (SSSR count). The molecule has 102 valence electrons. The van der Waals surface area contributed by atoms with E-state index in [4.69, 9.17) is 5.73 Å². The number of anilines is 2. The van der Waals surface area contributed by atoms with Crippen molar-refractivity contribution in [2.24, 2.45) is 0 Å².